The van der Waals surface area contributed by atoms with E-state index in [1.807, 2.05) is 0 Å². The Kier molecular flexibility index (Phi) is 3.52. The SMILES string of the molecule is CC(C)Oc1cc(F)cc(C(=O)O)c1Cl. The van der Waals surface area contributed by atoms with Crippen molar-refractivity contribution >= 4 is 17.6 Å². The fourth-order valence-electron chi connectivity index (χ4n) is 1.06. The van der Waals surface area contributed by atoms with Crippen molar-refractivity contribution in [2.45, 2.75) is 20.0 Å². The molecule has 0 saturated heterocycles. The molecule has 0 fully saturated rings. The van der Waals surface area contributed by atoms with Gasteiger partial charge in [-0.25, -0.2) is 9.18 Å². The summed E-state index contributed by atoms with van der Waals surface area (Å²) in [5, 5.41) is 8.66. The van der Waals surface area contributed by atoms with Gasteiger partial charge in [0.05, 0.1) is 16.7 Å². The molecule has 0 amide bonds. The first kappa shape index (κ1) is 11.8. The first-order valence-electron chi connectivity index (χ1n) is 4.30. The number of carbonyl (C=O) groups is 1. The smallest absolute Gasteiger partial charge is 0.337 e. The zero-order valence-corrected chi connectivity index (χ0v) is 9.01. The monoisotopic (exact) mass is 232 g/mol. The van der Waals surface area contributed by atoms with E-state index in [1.54, 1.807) is 13.8 Å². The van der Waals surface area contributed by atoms with Gasteiger partial charge in [0.1, 0.15) is 11.6 Å². The maximum atomic E-state index is 13.0. The van der Waals surface area contributed by atoms with Crippen LogP contribution in [0.5, 0.6) is 5.75 Å². The summed E-state index contributed by atoms with van der Waals surface area (Å²) in [6, 6.07) is 1.92. The third-order valence-corrected chi connectivity index (χ3v) is 1.99. The Hall–Kier alpha value is -1.29. The van der Waals surface area contributed by atoms with Crippen LogP contribution in [-0.2, 0) is 0 Å². The van der Waals surface area contributed by atoms with E-state index in [1.165, 1.54) is 0 Å². The molecule has 15 heavy (non-hydrogen) atoms. The van der Waals surface area contributed by atoms with Crippen LogP contribution in [0.15, 0.2) is 12.1 Å². The third kappa shape index (κ3) is 2.83. The van der Waals surface area contributed by atoms with Gasteiger partial charge in [-0.3, -0.25) is 0 Å². The van der Waals surface area contributed by atoms with Gasteiger partial charge < -0.3 is 9.84 Å². The normalized spacial score (nSPS) is 10.5. The zero-order chi connectivity index (χ0) is 11.6. The molecule has 1 aromatic carbocycles. The van der Waals surface area contributed by atoms with Crippen molar-refractivity contribution in [2.75, 3.05) is 0 Å². The second kappa shape index (κ2) is 4.49. The van der Waals surface area contributed by atoms with Crippen LogP contribution in [-0.4, -0.2) is 17.2 Å². The van der Waals surface area contributed by atoms with Crippen molar-refractivity contribution < 1.29 is 19.0 Å². The highest BCUT2D eigenvalue weighted by atomic mass is 35.5. The molecule has 0 aliphatic carbocycles. The summed E-state index contributed by atoms with van der Waals surface area (Å²) in [5.41, 5.74) is -0.299. The summed E-state index contributed by atoms with van der Waals surface area (Å²) in [5.74, 6) is -1.93. The molecule has 0 radical (unpaired) electrons. The average molecular weight is 233 g/mol. The molecule has 82 valence electrons. The molecule has 1 N–H and O–H groups in total. The molecule has 0 saturated carbocycles. The average Bonchev–Trinajstić information content (AvgIpc) is 2.09. The number of carboxylic acids is 1. The van der Waals surface area contributed by atoms with Crippen LogP contribution in [0.25, 0.3) is 0 Å². The highest BCUT2D eigenvalue weighted by Crippen LogP contribution is 2.30. The van der Waals surface area contributed by atoms with Crippen LogP contribution < -0.4 is 4.74 Å². The number of ether oxygens (including phenoxy) is 1. The van der Waals surface area contributed by atoms with Crippen LogP contribution >= 0.6 is 11.6 Å². The van der Waals surface area contributed by atoms with Gasteiger partial charge in [-0.15, -0.1) is 0 Å². The second-order valence-electron chi connectivity index (χ2n) is 3.24. The van der Waals surface area contributed by atoms with Gasteiger partial charge in [-0.05, 0) is 19.9 Å². The quantitative estimate of drug-likeness (QED) is 0.872. The molecular formula is C10H10ClFO3. The van der Waals surface area contributed by atoms with Crippen LogP contribution in [0.4, 0.5) is 4.39 Å². The summed E-state index contributed by atoms with van der Waals surface area (Å²) >= 11 is 5.75. The number of carboxylic acid groups (broad SMARTS) is 1. The molecule has 1 rings (SSSR count). The van der Waals surface area contributed by atoms with Gasteiger partial charge in [0, 0.05) is 6.07 Å². The molecule has 0 aliphatic rings. The standard InChI is InChI=1S/C10H10ClFO3/c1-5(2)15-8-4-6(12)3-7(9(8)11)10(13)14/h3-5H,1-2H3,(H,13,14). The van der Waals surface area contributed by atoms with Crippen molar-refractivity contribution in [3.8, 4) is 5.75 Å². The third-order valence-electron chi connectivity index (χ3n) is 1.60. The van der Waals surface area contributed by atoms with Crippen molar-refractivity contribution in [2.24, 2.45) is 0 Å². The minimum atomic E-state index is -1.28. The van der Waals surface area contributed by atoms with E-state index in [0.29, 0.717) is 0 Å². The Morgan fingerprint density at radius 1 is 1.53 bits per heavy atom. The Labute approximate surface area is 91.4 Å². The van der Waals surface area contributed by atoms with Crippen LogP contribution in [0.3, 0.4) is 0 Å². The molecule has 0 aliphatic heterocycles. The van der Waals surface area contributed by atoms with Crippen LogP contribution in [0.2, 0.25) is 5.02 Å². The maximum absolute atomic E-state index is 13.0. The van der Waals surface area contributed by atoms with Gasteiger partial charge in [-0.2, -0.15) is 0 Å². The molecule has 0 aromatic heterocycles. The summed E-state index contributed by atoms with van der Waals surface area (Å²) in [6.45, 7) is 3.48. The number of benzene rings is 1. The van der Waals surface area contributed by atoms with E-state index < -0.39 is 11.8 Å². The van der Waals surface area contributed by atoms with Gasteiger partial charge in [0.25, 0.3) is 0 Å². The molecule has 3 nitrogen and oxygen atoms in total. The van der Waals surface area contributed by atoms with Gasteiger partial charge >= 0.3 is 5.97 Å². The number of rotatable bonds is 3. The topological polar surface area (TPSA) is 46.5 Å². The number of halogens is 2. The van der Waals surface area contributed by atoms with E-state index in [4.69, 9.17) is 21.4 Å². The van der Waals surface area contributed by atoms with E-state index in [9.17, 15) is 9.18 Å². The molecular weight excluding hydrogens is 223 g/mol. The molecule has 0 heterocycles. The van der Waals surface area contributed by atoms with Gasteiger partial charge in [-0.1, -0.05) is 11.6 Å². The fraction of sp³-hybridized carbons (Fsp3) is 0.300. The van der Waals surface area contributed by atoms with Crippen molar-refractivity contribution in [1.82, 2.24) is 0 Å². The molecule has 0 unspecified atom stereocenters. The lowest BCUT2D eigenvalue weighted by Crippen LogP contribution is -2.08. The Balaban J connectivity index is 3.22. The van der Waals surface area contributed by atoms with Crippen LogP contribution in [0.1, 0.15) is 24.2 Å². The molecule has 0 atom stereocenters. The minimum Gasteiger partial charge on any atom is -0.489 e. The Morgan fingerprint density at radius 3 is 2.60 bits per heavy atom. The summed E-state index contributed by atoms with van der Waals surface area (Å²) in [4.78, 5) is 10.7. The lowest BCUT2D eigenvalue weighted by Gasteiger charge is -2.12. The number of hydrogen-bond acceptors (Lipinski definition) is 2. The van der Waals surface area contributed by atoms with E-state index in [2.05, 4.69) is 0 Å². The molecule has 1 aromatic rings. The molecule has 0 spiro atoms. The van der Waals surface area contributed by atoms with Gasteiger partial charge in [0.2, 0.25) is 0 Å². The van der Waals surface area contributed by atoms with E-state index in [-0.39, 0.29) is 22.4 Å². The van der Waals surface area contributed by atoms with E-state index in [0.717, 1.165) is 12.1 Å². The minimum absolute atomic E-state index is 0.0454. The van der Waals surface area contributed by atoms with E-state index >= 15 is 0 Å². The molecule has 0 bridgehead atoms. The van der Waals surface area contributed by atoms with Crippen LogP contribution in [0, 0.1) is 5.82 Å². The first-order valence-corrected chi connectivity index (χ1v) is 4.68. The Morgan fingerprint density at radius 2 is 2.13 bits per heavy atom. The fourth-order valence-corrected chi connectivity index (χ4v) is 1.29. The molecule has 5 heteroatoms. The largest absolute Gasteiger partial charge is 0.489 e. The highest BCUT2D eigenvalue weighted by Gasteiger charge is 2.16. The maximum Gasteiger partial charge on any atom is 0.337 e. The zero-order valence-electron chi connectivity index (χ0n) is 8.25. The van der Waals surface area contributed by atoms with Crippen molar-refractivity contribution in [1.29, 1.82) is 0 Å². The number of hydrogen-bond donors (Lipinski definition) is 1. The lowest BCUT2D eigenvalue weighted by atomic mass is 10.2. The van der Waals surface area contributed by atoms with Gasteiger partial charge in [0.15, 0.2) is 0 Å². The predicted octanol–water partition coefficient (Wildman–Crippen LogP) is 2.96. The summed E-state index contributed by atoms with van der Waals surface area (Å²) in [6.07, 6.45) is -0.203. The second-order valence-corrected chi connectivity index (χ2v) is 3.62. The highest BCUT2D eigenvalue weighted by molar-refractivity contribution is 6.34. The van der Waals surface area contributed by atoms with Crippen molar-refractivity contribution in [3.63, 3.8) is 0 Å². The first-order chi connectivity index (χ1) is 6.91. The summed E-state index contributed by atoms with van der Waals surface area (Å²) in [7, 11) is 0. The predicted molar refractivity (Wildman–Crippen MR) is 54.1 cm³/mol. The number of aromatic carboxylic acids is 1. The Bertz CT molecular complexity index is 390. The van der Waals surface area contributed by atoms with Crippen molar-refractivity contribution in [3.05, 3.63) is 28.5 Å². The lowest BCUT2D eigenvalue weighted by molar-refractivity contribution is 0.0695. The summed E-state index contributed by atoms with van der Waals surface area (Å²) < 4.78 is 18.2.